The molecular formula is C29H32N4. The molecule has 2 aromatic carbocycles. The molecule has 2 aromatic heterocycles. The molecule has 1 fully saturated rings. The number of aromatic nitrogens is 2. The second-order valence-electron chi connectivity index (χ2n) is 10.2. The van der Waals surface area contributed by atoms with Crippen LogP contribution in [-0.4, -0.2) is 34.5 Å². The highest BCUT2D eigenvalue weighted by Gasteiger charge is 2.39. The van der Waals surface area contributed by atoms with Crippen LogP contribution in [0.5, 0.6) is 0 Å². The molecule has 33 heavy (non-hydrogen) atoms. The van der Waals surface area contributed by atoms with Crippen molar-refractivity contribution in [1.82, 2.24) is 20.2 Å². The highest BCUT2D eigenvalue weighted by Crippen LogP contribution is 2.45. The topological polar surface area (TPSA) is 46.9 Å². The van der Waals surface area contributed by atoms with Gasteiger partial charge in [-0.2, -0.15) is 0 Å². The van der Waals surface area contributed by atoms with Crippen molar-refractivity contribution in [1.29, 1.82) is 0 Å². The molecule has 3 atom stereocenters. The summed E-state index contributed by atoms with van der Waals surface area (Å²) in [6.07, 6.45) is 7.04. The fourth-order valence-corrected chi connectivity index (χ4v) is 6.93. The van der Waals surface area contributed by atoms with Crippen LogP contribution in [-0.2, 0) is 12.8 Å². The van der Waals surface area contributed by atoms with Gasteiger partial charge in [0.1, 0.15) is 0 Å². The van der Waals surface area contributed by atoms with Crippen LogP contribution in [0.1, 0.15) is 54.4 Å². The van der Waals surface area contributed by atoms with E-state index < -0.39 is 0 Å². The van der Waals surface area contributed by atoms with Gasteiger partial charge in [0, 0.05) is 52.3 Å². The molecular weight excluding hydrogens is 404 g/mol. The Hall–Kier alpha value is -2.82. The highest BCUT2D eigenvalue weighted by atomic mass is 15.2. The number of aromatic amines is 2. The molecule has 4 aromatic rings. The maximum atomic E-state index is 3.86. The second-order valence-corrected chi connectivity index (χ2v) is 10.2. The Morgan fingerprint density at radius 2 is 1.61 bits per heavy atom. The van der Waals surface area contributed by atoms with Gasteiger partial charge in [0.25, 0.3) is 0 Å². The zero-order valence-corrected chi connectivity index (χ0v) is 19.3. The summed E-state index contributed by atoms with van der Waals surface area (Å²) < 4.78 is 0. The van der Waals surface area contributed by atoms with Gasteiger partial charge in [0.05, 0.1) is 6.04 Å². The van der Waals surface area contributed by atoms with E-state index in [1.165, 1.54) is 51.6 Å². The number of fused-ring (bicyclic) bond motifs is 8. The van der Waals surface area contributed by atoms with Gasteiger partial charge in [0.2, 0.25) is 0 Å². The Morgan fingerprint density at radius 3 is 2.36 bits per heavy atom. The third-order valence-corrected chi connectivity index (χ3v) is 8.54. The molecule has 0 bridgehead atoms. The standard InChI is InChI=1S/C29H32N4/c1-2-18-17-33-14-12-23-21-8-4-6-10-25(21)32-29(23)27(33)16-19(18)15-26-28-22(11-13-30-26)20-7-3-5-9-24(20)31-28/h2-10,19,26-27,30-32H,11-17H2,1H3/b18-2-/t19-,26+,27-/m0/s1. The summed E-state index contributed by atoms with van der Waals surface area (Å²) in [7, 11) is 0. The Kier molecular flexibility index (Phi) is 4.53. The van der Waals surface area contributed by atoms with Crippen molar-refractivity contribution in [2.75, 3.05) is 19.6 Å². The molecule has 168 valence electrons. The van der Waals surface area contributed by atoms with Gasteiger partial charge in [-0.3, -0.25) is 4.90 Å². The average molecular weight is 437 g/mol. The van der Waals surface area contributed by atoms with E-state index in [0.717, 1.165) is 32.5 Å². The van der Waals surface area contributed by atoms with E-state index in [1.807, 2.05) is 0 Å². The first-order valence-electron chi connectivity index (χ1n) is 12.6. The Morgan fingerprint density at radius 1 is 0.909 bits per heavy atom. The molecule has 0 radical (unpaired) electrons. The van der Waals surface area contributed by atoms with E-state index in [1.54, 1.807) is 11.1 Å². The molecule has 7 rings (SSSR count). The number of H-pyrrole nitrogens is 2. The highest BCUT2D eigenvalue weighted by molar-refractivity contribution is 5.86. The number of nitrogens with zero attached hydrogens (tertiary/aromatic N) is 1. The van der Waals surface area contributed by atoms with Crippen molar-refractivity contribution in [2.45, 2.75) is 44.7 Å². The molecule has 0 spiro atoms. The normalized spacial score (nSPS) is 26.5. The summed E-state index contributed by atoms with van der Waals surface area (Å²) in [4.78, 5) is 10.3. The molecule has 4 nitrogen and oxygen atoms in total. The molecule has 0 amide bonds. The first-order chi connectivity index (χ1) is 16.3. The molecule has 3 aliphatic rings. The monoisotopic (exact) mass is 436 g/mol. The molecule has 1 saturated heterocycles. The smallest absolute Gasteiger partial charge is 0.0510 e. The van der Waals surface area contributed by atoms with E-state index in [4.69, 9.17) is 0 Å². The van der Waals surface area contributed by atoms with Crippen LogP contribution >= 0.6 is 0 Å². The van der Waals surface area contributed by atoms with Gasteiger partial charge in [-0.25, -0.2) is 0 Å². The minimum Gasteiger partial charge on any atom is -0.357 e. The molecule has 0 saturated carbocycles. The molecule has 5 heterocycles. The van der Waals surface area contributed by atoms with E-state index in [2.05, 4.69) is 81.7 Å². The van der Waals surface area contributed by atoms with Gasteiger partial charge >= 0.3 is 0 Å². The summed E-state index contributed by atoms with van der Waals surface area (Å²) in [6, 6.07) is 18.6. The predicted octanol–water partition coefficient (Wildman–Crippen LogP) is 5.79. The average Bonchev–Trinajstić information content (AvgIpc) is 3.43. The Labute approximate surface area is 195 Å². The lowest BCUT2D eigenvalue weighted by Crippen LogP contribution is -2.43. The van der Waals surface area contributed by atoms with Crippen LogP contribution in [0.25, 0.3) is 21.8 Å². The fourth-order valence-electron chi connectivity index (χ4n) is 6.93. The van der Waals surface area contributed by atoms with Crippen LogP contribution in [0.15, 0.2) is 60.2 Å². The van der Waals surface area contributed by atoms with Crippen LogP contribution in [0, 0.1) is 5.92 Å². The van der Waals surface area contributed by atoms with E-state index in [9.17, 15) is 0 Å². The van der Waals surface area contributed by atoms with Crippen LogP contribution < -0.4 is 5.32 Å². The molecule has 3 N–H and O–H groups in total. The summed E-state index contributed by atoms with van der Waals surface area (Å²) in [5, 5.41) is 6.70. The number of allylic oxidation sites excluding steroid dienone is 1. The number of rotatable bonds is 2. The van der Waals surface area contributed by atoms with Gasteiger partial charge < -0.3 is 15.3 Å². The van der Waals surface area contributed by atoms with E-state index in [0.29, 0.717) is 18.0 Å². The SMILES string of the molecule is C/C=C1/CN2CCc3c([nH]c4ccccc34)[C@@H]2C[C@@H]1C[C@H]1NCCc2c1[nH]c1ccccc21. The zero-order chi connectivity index (χ0) is 21.9. The maximum absolute atomic E-state index is 3.86. The van der Waals surface area contributed by atoms with Gasteiger partial charge in [-0.15, -0.1) is 0 Å². The Balaban J connectivity index is 1.22. The number of hydrogen-bond acceptors (Lipinski definition) is 2. The maximum Gasteiger partial charge on any atom is 0.0510 e. The number of para-hydroxylation sites is 2. The third-order valence-electron chi connectivity index (χ3n) is 8.54. The Bertz CT molecular complexity index is 1370. The summed E-state index contributed by atoms with van der Waals surface area (Å²) in [5.74, 6) is 0.600. The summed E-state index contributed by atoms with van der Waals surface area (Å²) in [5.41, 5.74) is 10.2. The minimum absolute atomic E-state index is 0.401. The second kappa shape index (κ2) is 7.61. The fraction of sp³-hybridized carbons (Fsp3) is 0.379. The molecule has 4 heteroatoms. The quantitative estimate of drug-likeness (QED) is 0.348. The van der Waals surface area contributed by atoms with Gasteiger partial charge in [-0.05, 0) is 68.3 Å². The van der Waals surface area contributed by atoms with Crippen molar-refractivity contribution in [2.24, 2.45) is 5.92 Å². The number of piperidine rings is 1. The first-order valence-corrected chi connectivity index (χ1v) is 12.6. The lowest BCUT2D eigenvalue weighted by Gasteiger charge is -2.44. The number of nitrogens with one attached hydrogen (secondary N) is 3. The summed E-state index contributed by atoms with van der Waals surface area (Å²) >= 11 is 0. The largest absolute Gasteiger partial charge is 0.357 e. The minimum atomic E-state index is 0.401. The van der Waals surface area contributed by atoms with Gasteiger partial charge in [0.15, 0.2) is 0 Å². The first kappa shape index (κ1) is 19.6. The van der Waals surface area contributed by atoms with Crippen LogP contribution in [0.4, 0.5) is 0 Å². The van der Waals surface area contributed by atoms with Crippen LogP contribution in [0.2, 0.25) is 0 Å². The van der Waals surface area contributed by atoms with E-state index >= 15 is 0 Å². The third kappa shape index (κ3) is 3.04. The predicted molar refractivity (Wildman–Crippen MR) is 136 cm³/mol. The molecule has 0 aliphatic carbocycles. The lowest BCUT2D eigenvalue weighted by atomic mass is 9.78. The van der Waals surface area contributed by atoms with E-state index in [-0.39, 0.29) is 0 Å². The van der Waals surface area contributed by atoms with Crippen molar-refractivity contribution in [3.05, 3.63) is 82.7 Å². The zero-order valence-electron chi connectivity index (χ0n) is 19.3. The summed E-state index contributed by atoms with van der Waals surface area (Å²) in [6.45, 7) is 5.58. The number of benzene rings is 2. The lowest BCUT2D eigenvalue weighted by molar-refractivity contribution is 0.131. The van der Waals surface area contributed by atoms with Crippen molar-refractivity contribution < 1.29 is 0 Å². The van der Waals surface area contributed by atoms with Crippen molar-refractivity contribution in [3.8, 4) is 0 Å². The van der Waals surface area contributed by atoms with Crippen LogP contribution in [0.3, 0.4) is 0 Å². The van der Waals surface area contributed by atoms with Crippen molar-refractivity contribution >= 4 is 21.8 Å². The van der Waals surface area contributed by atoms with Gasteiger partial charge in [-0.1, -0.05) is 48.0 Å². The van der Waals surface area contributed by atoms with Crippen molar-refractivity contribution in [3.63, 3.8) is 0 Å². The molecule has 0 unspecified atom stereocenters. The molecule has 3 aliphatic heterocycles. The number of hydrogen-bond donors (Lipinski definition) is 3.